The first kappa shape index (κ1) is 25.9. The zero-order chi connectivity index (χ0) is 26.0. The smallest absolute Gasteiger partial charge is 0.336 e. The van der Waals surface area contributed by atoms with E-state index in [9.17, 15) is 18.3 Å². The van der Waals surface area contributed by atoms with Crippen molar-refractivity contribution in [2.24, 2.45) is 5.92 Å². The molecule has 1 atom stereocenters. The Morgan fingerprint density at radius 2 is 1.75 bits per heavy atom. The molecule has 0 bridgehead atoms. The first-order valence-electron chi connectivity index (χ1n) is 12.3. The van der Waals surface area contributed by atoms with Crippen molar-refractivity contribution in [3.8, 4) is 0 Å². The Hall–Kier alpha value is -3.17. The van der Waals surface area contributed by atoms with Crippen LogP contribution in [0.4, 0.5) is 11.5 Å². The van der Waals surface area contributed by atoms with Gasteiger partial charge in [0, 0.05) is 43.3 Å². The molecular weight excluding hydrogens is 476 g/mol. The predicted octanol–water partition coefficient (Wildman–Crippen LogP) is 4.60. The van der Waals surface area contributed by atoms with Gasteiger partial charge in [0.25, 0.3) is 10.0 Å². The molecule has 2 aromatic carbocycles. The molecule has 3 aromatic rings. The number of fused-ring (bicyclic) bond motifs is 1. The summed E-state index contributed by atoms with van der Waals surface area (Å²) in [6.45, 7) is 11.8. The summed E-state index contributed by atoms with van der Waals surface area (Å²) in [6.07, 6.45) is 1.15. The molecule has 4 rings (SSSR count). The van der Waals surface area contributed by atoms with Gasteiger partial charge in [-0.05, 0) is 62.1 Å². The number of benzene rings is 2. The van der Waals surface area contributed by atoms with E-state index in [1.807, 2.05) is 0 Å². The first-order valence-corrected chi connectivity index (χ1v) is 13.8. The van der Waals surface area contributed by atoms with E-state index >= 15 is 0 Å². The van der Waals surface area contributed by atoms with Crippen molar-refractivity contribution in [2.75, 3.05) is 35.8 Å². The highest BCUT2D eigenvalue weighted by molar-refractivity contribution is 7.92. The van der Waals surface area contributed by atoms with E-state index < -0.39 is 16.0 Å². The van der Waals surface area contributed by atoms with Crippen LogP contribution in [0, 0.1) is 12.8 Å². The fourth-order valence-corrected chi connectivity index (χ4v) is 6.20. The molecule has 0 radical (unpaired) electrons. The third-order valence-corrected chi connectivity index (χ3v) is 8.28. The summed E-state index contributed by atoms with van der Waals surface area (Å²) >= 11 is 0. The zero-order valence-electron chi connectivity index (χ0n) is 21.2. The van der Waals surface area contributed by atoms with Gasteiger partial charge in [-0.25, -0.2) is 18.2 Å². The van der Waals surface area contributed by atoms with Crippen LogP contribution in [-0.4, -0.2) is 61.6 Å². The number of aromatic nitrogens is 1. The van der Waals surface area contributed by atoms with Gasteiger partial charge >= 0.3 is 5.97 Å². The molecule has 8 nitrogen and oxygen atoms in total. The molecule has 1 aromatic heterocycles. The number of carboxylic acids is 1. The molecule has 1 aliphatic rings. The number of nitrogens with zero attached hydrogens (tertiary/aromatic N) is 3. The molecule has 1 fully saturated rings. The van der Waals surface area contributed by atoms with Gasteiger partial charge in [-0.1, -0.05) is 32.0 Å². The largest absolute Gasteiger partial charge is 0.478 e. The Bertz CT molecular complexity index is 1370. The molecule has 2 heterocycles. The normalized spacial score (nSPS) is 15.9. The molecule has 0 aliphatic carbocycles. The van der Waals surface area contributed by atoms with Gasteiger partial charge < -0.3 is 10.0 Å². The van der Waals surface area contributed by atoms with Crippen molar-refractivity contribution in [2.45, 2.75) is 45.1 Å². The maximum Gasteiger partial charge on any atom is 0.336 e. The van der Waals surface area contributed by atoms with Crippen LogP contribution in [0.5, 0.6) is 0 Å². The summed E-state index contributed by atoms with van der Waals surface area (Å²) in [6, 6.07) is 13.6. The van der Waals surface area contributed by atoms with Crippen LogP contribution in [0.2, 0.25) is 0 Å². The summed E-state index contributed by atoms with van der Waals surface area (Å²) in [5.41, 5.74) is 1.53. The summed E-state index contributed by atoms with van der Waals surface area (Å²) < 4.78 is 28.4. The van der Waals surface area contributed by atoms with E-state index in [1.165, 1.54) is 6.07 Å². The Morgan fingerprint density at radius 1 is 1.06 bits per heavy atom. The second-order valence-corrected chi connectivity index (χ2v) is 11.6. The van der Waals surface area contributed by atoms with Crippen molar-refractivity contribution in [3.05, 3.63) is 59.7 Å². The number of piperazine rings is 1. The van der Waals surface area contributed by atoms with E-state index in [0.717, 1.165) is 32.6 Å². The van der Waals surface area contributed by atoms with Crippen LogP contribution in [0.1, 0.15) is 43.1 Å². The SMILES string of the molecule is Cc1ccccc1S(=O)(=O)Nc1ccc2nc(N3CCN([C@@H](C)CC(C)C)CC3)cc(C(=O)O)c2c1. The van der Waals surface area contributed by atoms with Crippen molar-refractivity contribution in [1.82, 2.24) is 9.88 Å². The average Bonchev–Trinajstić information content (AvgIpc) is 2.83. The van der Waals surface area contributed by atoms with Gasteiger partial charge in [-0.3, -0.25) is 9.62 Å². The predicted molar refractivity (Wildman–Crippen MR) is 143 cm³/mol. The highest BCUT2D eigenvalue weighted by Crippen LogP contribution is 2.28. The topological polar surface area (TPSA) is 103 Å². The van der Waals surface area contributed by atoms with E-state index in [-0.39, 0.29) is 16.1 Å². The fraction of sp³-hybridized carbons (Fsp3) is 0.407. The molecule has 0 saturated carbocycles. The molecule has 1 aliphatic heterocycles. The number of rotatable bonds is 8. The molecule has 2 N–H and O–H groups in total. The standard InChI is InChI=1S/C27H34N4O4S/c1-18(2)15-20(4)30-11-13-31(14-12-30)26-17-23(27(32)33)22-16-21(9-10-24(22)28-26)29-36(34,35)25-8-6-5-7-19(25)3/h5-10,16-18,20,29H,11-15H2,1-4H3,(H,32,33)/t20-/m0/s1. The van der Waals surface area contributed by atoms with Crippen LogP contribution in [0.15, 0.2) is 53.4 Å². The minimum Gasteiger partial charge on any atom is -0.478 e. The molecule has 1 saturated heterocycles. The van der Waals surface area contributed by atoms with Gasteiger partial charge in [0.1, 0.15) is 5.82 Å². The van der Waals surface area contributed by atoms with Crippen LogP contribution >= 0.6 is 0 Å². The number of pyridine rings is 1. The molecule has 0 spiro atoms. The average molecular weight is 511 g/mol. The van der Waals surface area contributed by atoms with Crippen LogP contribution < -0.4 is 9.62 Å². The third-order valence-electron chi connectivity index (χ3n) is 6.74. The molecular formula is C27H34N4O4S. The van der Waals surface area contributed by atoms with Crippen molar-refractivity contribution >= 4 is 38.4 Å². The van der Waals surface area contributed by atoms with Crippen molar-refractivity contribution < 1.29 is 18.3 Å². The number of aromatic carboxylic acids is 1. The minimum atomic E-state index is -3.82. The second-order valence-electron chi connectivity index (χ2n) is 9.94. The minimum absolute atomic E-state index is 0.0996. The summed E-state index contributed by atoms with van der Waals surface area (Å²) in [5.74, 6) is 0.195. The van der Waals surface area contributed by atoms with Gasteiger partial charge in [-0.2, -0.15) is 0 Å². The number of aryl methyl sites for hydroxylation is 1. The molecule has 0 amide bonds. The summed E-state index contributed by atoms with van der Waals surface area (Å²) in [5, 5.41) is 10.3. The third kappa shape index (κ3) is 5.63. The molecule has 192 valence electrons. The molecule has 36 heavy (non-hydrogen) atoms. The first-order chi connectivity index (χ1) is 17.0. The van der Waals surface area contributed by atoms with Gasteiger partial charge in [0.15, 0.2) is 0 Å². The second kappa shape index (κ2) is 10.4. The van der Waals surface area contributed by atoms with E-state index in [2.05, 4.69) is 35.3 Å². The lowest BCUT2D eigenvalue weighted by atomic mass is 10.0. The lowest BCUT2D eigenvalue weighted by molar-refractivity contribution is 0.0699. The van der Waals surface area contributed by atoms with Crippen molar-refractivity contribution in [1.29, 1.82) is 0 Å². The van der Waals surface area contributed by atoms with E-state index in [0.29, 0.717) is 34.2 Å². The van der Waals surface area contributed by atoms with Crippen LogP contribution in [0.25, 0.3) is 10.9 Å². The zero-order valence-corrected chi connectivity index (χ0v) is 22.0. The number of anilines is 2. The Balaban J connectivity index is 1.59. The van der Waals surface area contributed by atoms with E-state index in [1.54, 1.807) is 49.4 Å². The van der Waals surface area contributed by atoms with E-state index in [4.69, 9.17) is 4.98 Å². The Morgan fingerprint density at radius 3 is 2.39 bits per heavy atom. The number of sulfonamides is 1. The van der Waals surface area contributed by atoms with Gasteiger partial charge in [0.05, 0.1) is 16.0 Å². The highest BCUT2D eigenvalue weighted by Gasteiger charge is 2.24. The lowest BCUT2D eigenvalue weighted by Gasteiger charge is -2.39. The quantitative estimate of drug-likeness (QED) is 0.457. The Labute approximate surface area is 213 Å². The summed E-state index contributed by atoms with van der Waals surface area (Å²) in [7, 11) is -3.82. The number of hydrogen-bond acceptors (Lipinski definition) is 6. The molecule has 9 heteroatoms. The van der Waals surface area contributed by atoms with Gasteiger partial charge in [0.2, 0.25) is 0 Å². The Kier molecular flexibility index (Phi) is 7.51. The maximum atomic E-state index is 12.9. The fourth-order valence-electron chi connectivity index (χ4n) is 4.91. The number of carbonyl (C=O) groups is 1. The monoisotopic (exact) mass is 510 g/mol. The number of nitrogens with one attached hydrogen (secondary N) is 1. The van der Waals surface area contributed by atoms with Gasteiger partial charge in [-0.15, -0.1) is 0 Å². The lowest BCUT2D eigenvalue weighted by Crippen LogP contribution is -2.50. The summed E-state index contributed by atoms with van der Waals surface area (Å²) in [4.78, 5) is 21.7. The van der Waals surface area contributed by atoms with Crippen LogP contribution in [-0.2, 0) is 10.0 Å². The van der Waals surface area contributed by atoms with Crippen LogP contribution in [0.3, 0.4) is 0 Å². The maximum absolute atomic E-state index is 12.9. The highest BCUT2D eigenvalue weighted by atomic mass is 32.2. The number of carboxylic acid groups (broad SMARTS) is 1. The van der Waals surface area contributed by atoms with Crippen molar-refractivity contribution in [3.63, 3.8) is 0 Å². The molecule has 0 unspecified atom stereocenters. The number of hydrogen-bond donors (Lipinski definition) is 2.